The van der Waals surface area contributed by atoms with Crippen LogP contribution in [0.4, 0.5) is 0 Å². The van der Waals surface area contributed by atoms with E-state index in [0.29, 0.717) is 22.2 Å². The van der Waals surface area contributed by atoms with Gasteiger partial charge in [0.1, 0.15) is 0 Å². The molecule has 2 rings (SSSR count). The fraction of sp³-hybridized carbons (Fsp3) is 0.294. The average molecular weight is 324 g/mol. The highest BCUT2D eigenvalue weighted by Crippen LogP contribution is 2.26. The molecule has 0 bridgehead atoms. The van der Waals surface area contributed by atoms with E-state index in [9.17, 15) is 5.11 Å². The maximum absolute atomic E-state index is 10.3. The summed E-state index contributed by atoms with van der Waals surface area (Å²) in [5, 5.41) is 14.8. The van der Waals surface area contributed by atoms with Gasteiger partial charge in [-0.3, -0.25) is 0 Å². The first-order valence-electron chi connectivity index (χ1n) is 7.03. The SMILES string of the molecule is CCC(NCC(O)c1cc(Cl)ccc1Cl)c1ccccc1. The lowest BCUT2D eigenvalue weighted by Gasteiger charge is -2.20. The van der Waals surface area contributed by atoms with Gasteiger partial charge in [0.2, 0.25) is 0 Å². The number of hydrogen-bond donors (Lipinski definition) is 2. The number of aliphatic hydroxyl groups excluding tert-OH is 1. The second-order valence-corrected chi connectivity index (χ2v) is 5.81. The minimum atomic E-state index is -0.686. The quantitative estimate of drug-likeness (QED) is 0.802. The van der Waals surface area contributed by atoms with E-state index in [-0.39, 0.29) is 6.04 Å². The number of hydrogen-bond acceptors (Lipinski definition) is 2. The molecule has 0 saturated carbocycles. The summed E-state index contributed by atoms with van der Waals surface area (Å²) >= 11 is 12.1. The molecule has 2 N–H and O–H groups in total. The number of halogens is 2. The lowest BCUT2D eigenvalue weighted by Crippen LogP contribution is -2.26. The van der Waals surface area contributed by atoms with Crippen molar-refractivity contribution >= 4 is 23.2 Å². The molecule has 0 radical (unpaired) electrons. The molecule has 0 aromatic heterocycles. The molecule has 0 spiro atoms. The predicted molar refractivity (Wildman–Crippen MR) is 88.9 cm³/mol. The van der Waals surface area contributed by atoms with E-state index in [1.165, 1.54) is 5.56 Å². The van der Waals surface area contributed by atoms with Gasteiger partial charge >= 0.3 is 0 Å². The third kappa shape index (κ3) is 4.45. The Kier molecular flexibility index (Phi) is 6.07. The minimum absolute atomic E-state index is 0.207. The molecular formula is C17H19Cl2NO. The zero-order chi connectivity index (χ0) is 15.2. The van der Waals surface area contributed by atoms with E-state index in [0.717, 1.165) is 6.42 Å². The Labute approximate surface area is 135 Å². The van der Waals surface area contributed by atoms with Crippen molar-refractivity contribution in [3.05, 3.63) is 69.7 Å². The van der Waals surface area contributed by atoms with E-state index < -0.39 is 6.10 Å². The molecule has 0 saturated heterocycles. The van der Waals surface area contributed by atoms with Gasteiger partial charge in [-0.25, -0.2) is 0 Å². The highest BCUT2D eigenvalue weighted by Gasteiger charge is 2.15. The van der Waals surface area contributed by atoms with E-state index in [1.807, 2.05) is 18.2 Å². The normalized spacial score (nSPS) is 13.9. The summed E-state index contributed by atoms with van der Waals surface area (Å²) in [5.41, 5.74) is 1.86. The van der Waals surface area contributed by atoms with Gasteiger partial charge < -0.3 is 10.4 Å². The highest BCUT2D eigenvalue weighted by atomic mass is 35.5. The van der Waals surface area contributed by atoms with Crippen LogP contribution in [-0.2, 0) is 0 Å². The molecule has 2 aromatic carbocycles. The first kappa shape index (κ1) is 16.3. The summed E-state index contributed by atoms with van der Waals surface area (Å²) in [6.07, 6.45) is 0.258. The van der Waals surface area contributed by atoms with Gasteiger partial charge in [0.05, 0.1) is 6.10 Å². The zero-order valence-corrected chi connectivity index (χ0v) is 13.4. The number of aliphatic hydroxyl groups is 1. The fourth-order valence-corrected chi connectivity index (χ4v) is 2.74. The molecule has 0 aliphatic rings. The second-order valence-electron chi connectivity index (χ2n) is 4.96. The van der Waals surface area contributed by atoms with E-state index >= 15 is 0 Å². The largest absolute Gasteiger partial charge is 0.387 e. The molecule has 112 valence electrons. The van der Waals surface area contributed by atoms with Crippen molar-refractivity contribution in [2.45, 2.75) is 25.5 Å². The van der Waals surface area contributed by atoms with Crippen molar-refractivity contribution < 1.29 is 5.11 Å². The van der Waals surface area contributed by atoms with Crippen molar-refractivity contribution in [2.24, 2.45) is 0 Å². The standard InChI is InChI=1S/C17H19Cl2NO/c1-2-16(12-6-4-3-5-7-12)20-11-17(21)14-10-13(18)8-9-15(14)19/h3-10,16-17,20-21H,2,11H2,1H3. The molecule has 0 aliphatic heterocycles. The van der Waals surface area contributed by atoms with Gasteiger partial charge in [0.25, 0.3) is 0 Å². The van der Waals surface area contributed by atoms with Gasteiger partial charge in [-0.2, -0.15) is 0 Å². The zero-order valence-electron chi connectivity index (χ0n) is 11.9. The van der Waals surface area contributed by atoms with Gasteiger partial charge in [0.15, 0.2) is 0 Å². The maximum atomic E-state index is 10.3. The topological polar surface area (TPSA) is 32.3 Å². The highest BCUT2D eigenvalue weighted by molar-refractivity contribution is 6.33. The molecule has 2 unspecified atom stereocenters. The first-order valence-corrected chi connectivity index (χ1v) is 7.78. The third-order valence-corrected chi connectivity index (χ3v) is 4.06. The molecule has 2 atom stereocenters. The van der Waals surface area contributed by atoms with Crippen molar-refractivity contribution in [3.63, 3.8) is 0 Å². The summed E-state index contributed by atoms with van der Waals surface area (Å²) in [6, 6.07) is 15.5. The lowest BCUT2D eigenvalue weighted by atomic mass is 10.0. The minimum Gasteiger partial charge on any atom is -0.387 e. The van der Waals surface area contributed by atoms with E-state index in [4.69, 9.17) is 23.2 Å². The van der Waals surface area contributed by atoms with Crippen molar-refractivity contribution in [3.8, 4) is 0 Å². The lowest BCUT2D eigenvalue weighted by molar-refractivity contribution is 0.169. The number of nitrogens with one attached hydrogen (secondary N) is 1. The summed E-state index contributed by atoms with van der Waals surface area (Å²) in [4.78, 5) is 0. The molecule has 21 heavy (non-hydrogen) atoms. The van der Waals surface area contributed by atoms with Crippen LogP contribution in [0.15, 0.2) is 48.5 Å². The Balaban J connectivity index is 2.02. The number of benzene rings is 2. The maximum Gasteiger partial charge on any atom is 0.0929 e. The van der Waals surface area contributed by atoms with Crippen LogP contribution < -0.4 is 5.32 Å². The average Bonchev–Trinajstić information content (AvgIpc) is 2.51. The molecule has 2 aromatic rings. The Bertz CT molecular complexity index is 574. The van der Waals surface area contributed by atoms with Crippen LogP contribution in [0.5, 0.6) is 0 Å². The van der Waals surface area contributed by atoms with Crippen LogP contribution in [0.3, 0.4) is 0 Å². The molecule has 2 nitrogen and oxygen atoms in total. The van der Waals surface area contributed by atoms with Gasteiger partial charge in [-0.05, 0) is 30.2 Å². The molecule has 0 heterocycles. The molecule has 0 fully saturated rings. The summed E-state index contributed by atoms with van der Waals surface area (Å²) in [5.74, 6) is 0. The van der Waals surface area contributed by atoms with Crippen LogP contribution in [0.2, 0.25) is 10.0 Å². The Morgan fingerprint density at radius 3 is 2.48 bits per heavy atom. The molecule has 4 heteroatoms. The van der Waals surface area contributed by atoms with Crippen molar-refractivity contribution in [1.82, 2.24) is 5.32 Å². The second kappa shape index (κ2) is 7.81. The van der Waals surface area contributed by atoms with Crippen LogP contribution in [0.1, 0.15) is 36.6 Å². The van der Waals surface area contributed by atoms with Gasteiger partial charge in [-0.15, -0.1) is 0 Å². The predicted octanol–water partition coefficient (Wildman–Crippen LogP) is 4.77. The Morgan fingerprint density at radius 2 is 1.81 bits per heavy atom. The Morgan fingerprint density at radius 1 is 1.10 bits per heavy atom. The van der Waals surface area contributed by atoms with Gasteiger partial charge in [-0.1, -0.05) is 60.5 Å². The fourth-order valence-electron chi connectivity index (χ4n) is 2.32. The summed E-state index contributed by atoms with van der Waals surface area (Å²) in [7, 11) is 0. The molecular weight excluding hydrogens is 305 g/mol. The van der Waals surface area contributed by atoms with E-state index in [2.05, 4.69) is 24.4 Å². The smallest absolute Gasteiger partial charge is 0.0929 e. The number of rotatable bonds is 6. The van der Waals surface area contributed by atoms with Crippen LogP contribution in [-0.4, -0.2) is 11.7 Å². The van der Waals surface area contributed by atoms with Gasteiger partial charge in [0, 0.05) is 28.2 Å². The molecule has 0 amide bonds. The van der Waals surface area contributed by atoms with E-state index in [1.54, 1.807) is 18.2 Å². The van der Waals surface area contributed by atoms with Crippen LogP contribution in [0.25, 0.3) is 0 Å². The third-order valence-electron chi connectivity index (χ3n) is 3.48. The summed E-state index contributed by atoms with van der Waals surface area (Å²) in [6.45, 7) is 2.54. The van der Waals surface area contributed by atoms with Crippen molar-refractivity contribution in [1.29, 1.82) is 0 Å². The van der Waals surface area contributed by atoms with Crippen molar-refractivity contribution in [2.75, 3.05) is 6.54 Å². The first-order chi connectivity index (χ1) is 10.1. The monoisotopic (exact) mass is 323 g/mol. The Hall–Kier alpha value is -1.06. The summed E-state index contributed by atoms with van der Waals surface area (Å²) < 4.78 is 0. The van der Waals surface area contributed by atoms with Crippen LogP contribution in [0, 0.1) is 0 Å². The molecule has 0 aliphatic carbocycles. The van der Waals surface area contributed by atoms with Crippen LogP contribution >= 0.6 is 23.2 Å².